The van der Waals surface area contributed by atoms with Crippen molar-refractivity contribution in [3.63, 3.8) is 0 Å². The van der Waals surface area contributed by atoms with Gasteiger partial charge in [0.05, 0.1) is 0 Å². The number of alkyl halides is 1. The number of benzene rings is 1. The van der Waals surface area contributed by atoms with Crippen molar-refractivity contribution in [1.29, 1.82) is 0 Å². The number of hydrogen-bond donors (Lipinski definition) is 0. The van der Waals surface area contributed by atoms with Crippen molar-refractivity contribution in [2.45, 2.75) is 57.4 Å². The second kappa shape index (κ2) is 4.86. The van der Waals surface area contributed by atoms with E-state index in [9.17, 15) is 0 Å². The molecule has 1 aromatic carbocycles. The summed E-state index contributed by atoms with van der Waals surface area (Å²) in [6.45, 7) is 4.05. The zero-order valence-corrected chi connectivity index (χ0v) is 13.0. The summed E-state index contributed by atoms with van der Waals surface area (Å²) < 4.78 is 6.23. The maximum Gasteiger partial charge on any atom is 0.120 e. The third-order valence-electron chi connectivity index (χ3n) is 4.91. The van der Waals surface area contributed by atoms with Gasteiger partial charge in [-0.25, -0.2) is 0 Å². The molecule has 2 fully saturated rings. The monoisotopic (exact) mass is 298 g/mol. The van der Waals surface area contributed by atoms with Crippen molar-refractivity contribution in [2.24, 2.45) is 5.41 Å². The second-order valence-corrected chi connectivity index (χ2v) is 7.03. The summed E-state index contributed by atoms with van der Waals surface area (Å²) >= 11 is 12.7. The molecule has 0 N–H and O–H groups in total. The summed E-state index contributed by atoms with van der Waals surface area (Å²) in [6, 6.07) is 4.08. The highest BCUT2D eigenvalue weighted by Gasteiger charge is 2.56. The Bertz CT molecular complexity index is 469. The van der Waals surface area contributed by atoms with Crippen LogP contribution in [0, 0.1) is 19.3 Å². The minimum absolute atomic E-state index is 0.239. The van der Waals surface area contributed by atoms with Crippen LogP contribution in [0.4, 0.5) is 0 Å². The first-order valence-electron chi connectivity index (χ1n) is 7.10. The van der Waals surface area contributed by atoms with Gasteiger partial charge in [-0.15, -0.1) is 11.6 Å². The van der Waals surface area contributed by atoms with E-state index in [-0.39, 0.29) is 11.5 Å². The quantitative estimate of drug-likeness (QED) is 0.675. The van der Waals surface area contributed by atoms with E-state index >= 15 is 0 Å². The van der Waals surface area contributed by atoms with Crippen molar-refractivity contribution >= 4 is 23.2 Å². The van der Waals surface area contributed by atoms with Crippen LogP contribution in [0.1, 0.15) is 43.2 Å². The molecule has 104 valence electrons. The van der Waals surface area contributed by atoms with Crippen molar-refractivity contribution in [2.75, 3.05) is 0 Å². The second-order valence-electron chi connectivity index (χ2n) is 6.12. The highest BCUT2D eigenvalue weighted by molar-refractivity contribution is 6.32. The van der Waals surface area contributed by atoms with Crippen LogP contribution in [0.3, 0.4) is 0 Å². The fraction of sp³-hybridized carbons (Fsp3) is 0.625. The number of rotatable bonds is 2. The fourth-order valence-corrected chi connectivity index (χ4v) is 4.30. The molecule has 3 rings (SSSR count). The summed E-state index contributed by atoms with van der Waals surface area (Å²) in [6.07, 6.45) is 6.29. The molecule has 19 heavy (non-hydrogen) atoms. The average molecular weight is 299 g/mol. The maximum atomic E-state index is 6.46. The normalized spacial score (nSPS) is 28.4. The van der Waals surface area contributed by atoms with Gasteiger partial charge in [0.1, 0.15) is 11.9 Å². The molecule has 0 aromatic heterocycles. The summed E-state index contributed by atoms with van der Waals surface area (Å²) in [5.74, 6) is 0.944. The standard InChI is InChI=1S/C16H20Cl2O/c1-10-7-12(8-11(2)15(10)18)19-14-9-13(17)16(14)5-3-4-6-16/h7-8,13-14H,3-6,9H2,1-2H3. The lowest BCUT2D eigenvalue weighted by molar-refractivity contribution is -0.0355. The molecule has 0 radical (unpaired) electrons. The van der Waals surface area contributed by atoms with Crippen LogP contribution in [0.25, 0.3) is 0 Å². The number of halogens is 2. The van der Waals surface area contributed by atoms with Crippen LogP contribution < -0.4 is 4.74 Å². The first kappa shape index (κ1) is 13.6. The molecule has 0 bridgehead atoms. The van der Waals surface area contributed by atoms with Crippen molar-refractivity contribution < 1.29 is 4.74 Å². The number of aryl methyl sites for hydroxylation is 2. The van der Waals surface area contributed by atoms with E-state index < -0.39 is 0 Å². The van der Waals surface area contributed by atoms with Crippen LogP contribution in [-0.2, 0) is 0 Å². The van der Waals surface area contributed by atoms with Crippen LogP contribution in [0.5, 0.6) is 5.75 Å². The largest absolute Gasteiger partial charge is 0.490 e. The molecule has 2 unspecified atom stereocenters. The molecule has 0 saturated heterocycles. The van der Waals surface area contributed by atoms with E-state index in [4.69, 9.17) is 27.9 Å². The van der Waals surface area contributed by atoms with Gasteiger partial charge in [0.15, 0.2) is 0 Å². The summed E-state index contributed by atoms with van der Waals surface area (Å²) in [5.41, 5.74) is 2.40. The first-order chi connectivity index (χ1) is 9.03. The molecule has 1 spiro atoms. The Morgan fingerprint density at radius 3 is 2.26 bits per heavy atom. The average Bonchev–Trinajstić information content (AvgIpc) is 2.88. The molecule has 0 amide bonds. The third kappa shape index (κ3) is 2.15. The topological polar surface area (TPSA) is 9.23 Å². The van der Waals surface area contributed by atoms with Crippen LogP contribution in [0.2, 0.25) is 5.02 Å². The summed E-state index contributed by atoms with van der Waals surface area (Å²) in [7, 11) is 0. The van der Waals surface area contributed by atoms with E-state index in [0.717, 1.165) is 28.3 Å². The minimum atomic E-state index is 0.239. The predicted molar refractivity (Wildman–Crippen MR) is 80.5 cm³/mol. The minimum Gasteiger partial charge on any atom is -0.490 e. The molecule has 0 aliphatic heterocycles. The highest BCUT2D eigenvalue weighted by Crippen LogP contribution is 2.57. The molecule has 1 aromatic rings. The highest BCUT2D eigenvalue weighted by atomic mass is 35.5. The molecule has 0 heterocycles. The maximum absolute atomic E-state index is 6.46. The molecule has 3 heteroatoms. The van der Waals surface area contributed by atoms with E-state index in [1.54, 1.807) is 0 Å². The smallest absolute Gasteiger partial charge is 0.120 e. The lowest BCUT2D eigenvalue weighted by Crippen LogP contribution is -2.55. The Hall–Kier alpha value is -0.400. The predicted octanol–water partition coefficient (Wildman–Crippen LogP) is 5.28. The van der Waals surface area contributed by atoms with Crippen LogP contribution in [-0.4, -0.2) is 11.5 Å². The van der Waals surface area contributed by atoms with Gasteiger partial charge < -0.3 is 4.74 Å². The number of hydrogen-bond acceptors (Lipinski definition) is 1. The van der Waals surface area contributed by atoms with Crippen LogP contribution >= 0.6 is 23.2 Å². The zero-order chi connectivity index (χ0) is 13.6. The van der Waals surface area contributed by atoms with Crippen LogP contribution in [0.15, 0.2) is 12.1 Å². The van der Waals surface area contributed by atoms with E-state index in [1.165, 1.54) is 25.7 Å². The van der Waals surface area contributed by atoms with Gasteiger partial charge in [-0.1, -0.05) is 24.4 Å². The van der Waals surface area contributed by atoms with Crippen molar-refractivity contribution in [3.8, 4) is 5.75 Å². The van der Waals surface area contributed by atoms with E-state index in [2.05, 4.69) is 0 Å². The molecule has 2 aliphatic carbocycles. The first-order valence-corrected chi connectivity index (χ1v) is 7.92. The van der Waals surface area contributed by atoms with Gasteiger partial charge in [-0.3, -0.25) is 0 Å². The van der Waals surface area contributed by atoms with E-state index in [1.807, 2.05) is 26.0 Å². The summed E-state index contributed by atoms with van der Waals surface area (Å²) in [5, 5.41) is 1.14. The Balaban J connectivity index is 1.79. The van der Waals surface area contributed by atoms with Crippen molar-refractivity contribution in [3.05, 3.63) is 28.3 Å². The zero-order valence-electron chi connectivity index (χ0n) is 11.5. The Morgan fingerprint density at radius 2 is 1.74 bits per heavy atom. The van der Waals surface area contributed by atoms with Gasteiger partial charge in [0, 0.05) is 22.2 Å². The van der Waals surface area contributed by atoms with Gasteiger partial charge in [0.25, 0.3) is 0 Å². The van der Waals surface area contributed by atoms with E-state index in [0.29, 0.717) is 5.38 Å². The fourth-order valence-electron chi connectivity index (χ4n) is 3.67. The number of ether oxygens (including phenoxy) is 1. The van der Waals surface area contributed by atoms with Gasteiger partial charge in [-0.05, 0) is 49.9 Å². The molecule has 2 aliphatic rings. The lowest BCUT2D eigenvalue weighted by Gasteiger charge is -2.51. The summed E-state index contributed by atoms with van der Waals surface area (Å²) in [4.78, 5) is 0. The van der Waals surface area contributed by atoms with Crippen molar-refractivity contribution in [1.82, 2.24) is 0 Å². The Labute approximate surface area is 125 Å². The third-order valence-corrected chi connectivity index (χ3v) is 6.12. The molecule has 2 saturated carbocycles. The van der Waals surface area contributed by atoms with Gasteiger partial charge in [-0.2, -0.15) is 0 Å². The van der Waals surface area contributed by atoms with Gasteiger partial charge >= 0.3 is 0 Å². The Kier molecular flexibility index (Phi) is 3.47. The molecular weight excluding hydrogens is 279 g/mol. The molecule has 2 atom stereocenters. The Morgan fingerprint density at radius 1 is 1.16 bits per heavy atom. The molecule has 1 nitrogen and oxygen atoms in total. The van der Waals surface area contributed by atoms with Gasteiger partial charge in [0.2, 0.25) is 0 Å². The lowest BCUT2D eigenvalue weighted by atomic mass is 9.64. The SMILES string of the molecule is Cc1cc(OC2CC(Cl)C23CCCC3)cc(C)c1Cl. The molecular formula is C16H20Cl2O.